The van der Waals surface area contributed by atoms with E-state index in [4.69, 9.17) is 9.47 Å². The van der Waals surface area contributed by atoms with Crippen LogP contribution in [0.4, 0.5) is 0 Å². The van der Waals surface area contributed by atoms with Crippen LogP contribution in [0.25, 0.3) is 0 Å². The second-order valence-corrected chi connectivity index (χ2v) is 11.0. The molecule has 0 saturated heterocycles. The van der Waals surface area contributed by atoms with Gasteiger partial charge in [-0.05, 0) is 73.5 Å². The Hall–Kier alpha value is -0.610. The van der Waals surface area contributed by atoms with Crippen LogP contribution in [0.3, 0.4) is 0 Å². The zero-order chi connectivity index (χ0) is 20.7. The molecule has 28 heavy (non-hydrogen) atoms. The highest BCUT2D eigenvalue weighted by Gasteiger charge is 2.62. The van der Waals surface area contributed by atoms with Crippen LogP contribution < -0.4 is 0 Å². The summed E-state index contributed by atoms with van der Waals surface area (Å²) in [4.78, 5) is 13.1. The molecule has 0 spiro atoms. The summed E-state index contributed by atoms with van der Waals surface area (Å²) in [5.74, 6) is 2.52. The Morgan fingerprint density at radius 2 is 1.64 bits per heavy atom. The lowest BCUT2D eigenvalue weighted by atomic mass is 9.45. The first-order valence-corrected chi connectivity index (χ1v) is 11.5. The van der Waals surface area contributed by atoms with Crippen molar-refractivity contribution in [1.82, 2.24) is 0 Å². The summed E-state index contributed by atoms with van der Waals surface area (Å²) in [5.41, 5.74) is -1.46. The van der Waals surface area contributed by atoms with Crippen molar-refractivity contribution in [2.45, 2.75) is 85.2 Å². The van der Waals surface area contributed by atoms with Crippen LogP contribution in [0.2, 0.25) is 0 Å². The molecule has 0 aliphatic heterocycles. The largest absolute Gasteiger partial charge is 0.461 e. The maximum atomic E-state index is 13.1. The van der Waals surface area contributed by atoms with Crippen molar-refractivity contribution >= 4 is 5.97 Å². The third-order valence-electron chi connectivity index (χ3n) is 9.45. The van der Waals surface area contributed by atoms with Crippen molar-refractivity contribution < 1.29 is 19.4 Å². The summed E-state index contributed by atoms with van der Waals surface area (Å²) in [6.07, 6.45) is 7.13. The lowest BCUT2D eigenvalue weighted by molar-refractivity contribution is -0.211. The quantitative estimate of drug-likeness (QED) is 0.548. The lowest BCUT2D eigenvalue weighted by Gasteiger charge is -2.60. The van der Waals surface area contributed by atoms with Crippen LogP contribution in [-0.2, 0) is 14.3 Å². The maximum Gasteiger partial charge on any atom is 0.338 e. The van der Waals surface area contributed by atoms with Crippen LogP contribution >= 0.6 is 0 Å². The van der Waals surface area contributed by atoms with Crippen LogP contribution in [0.1, 0.15) is 79.6 Å². The Kier molecular flexibility index (Phi) is 6.23. The average Bonchev–Trinajstić information content (AvgIpc) is 2.63. The minimum Gasteiger partial charge on any atom is -0.461 e. The minimum absolute atomic E-state index is 0.212. The third kappa shape index (κ3) is 3.43. The topological polar surface area (TPSA) is 55.8 Å². The molecule has 0 aromatic heterocycles. The summed E-state index contributed by atoms with van der Waals surface area (Å²) in [6.45, 7) is 12.4. The number of ether oxygens (including phenoxy) is 2. The Bertz CT molecular complexity index is 573. The fraction of sp³-hybridized carbons (Fsp3) is 0.958. The molecule has 3 aliphatic rings. The number of aliphatic hydroxyl groups is 1. The van der Waals surface area contributed by atoms with Gasteiger partial charge in [0.05, 0.1) is 6.61 Å². The molecule has 0 aromatic rings. The van der Waals surface area contributed by atoms with Gasteiger partial charge in [0.2, 0.25) is 0 Å². The normalized spacial score (nSPS) is 45.5. The third-order valence-corrected chi connectivity index (χ3v) is 9.45. The van der Waals surface area contributed by atoms with Crippen molar-refractivity contribution in [3.05, 3.63) is 0 Å². The molecule has 1 N–H and O–H groups in total. The predicted octanol–water partition coefficient (Wildman–Crippen LogP) is 4.83. The van der Waals surface area contributed by atoms with E-state index in [-0.39, 0.29) is 6.61 Å². The number of rotatable bonds is 4. The van der Waals surface area contributed by atoms with E-state index in [2.05, 4.69) is 34.6 Å². The van der Waals surface area contributed by atoms with E-state index in [0.29, 0.717) is 48.0 Å². The molecule has 3 saturated carbocycles. The van der Waals surface area contributed by atoms with E-state index in [0.717, 1.165) is 25.7 Å². The van der Waals surface area contributed by atoms with Gasteiger partial charge in [-0.2, -0.15) is 0 Å². The summed E-state index contributed by atoms with van der Waals surface area (Å²) in [5, 5.41) is 11.8. The first-order chi connectivity index (χ1) is 13.1. The Labute approximate surface area is 171 Å². The highest BCUT2D eigenvalue weighted by atomic mass is 16.6. The Morgan fingerprint density at radius 3 is 2.32 bits per heavy atom. The highest BCUT2D eigenvalue weighted by Crippen LogP contribution is 2.62. The molecule has 0 amide bonds. The molecule has 162 valence electrons. The summed E-state index contributed by atoms with van der Waals surface area (Å²) in [7, 11) is 1.60. The molecule has 3 fully saturated rings. The zero-order valence-electron chi connectivity index (χ0n) is 18.9. The van der Waals surface area contributed by atoms with Gasteiger partial charge in [-0.15, -0.1) is 0 Å². The van der Waals surface area contributed by atoms with Gasteiger partial charge in [0, 0.05) is 12.5 Å². The number of methoxy groups -OCH3 is 1. The fourth-order valence-electron chi connectivity index (χ4n) is 7.33. The molecular formula is C24H42O4. The van der Waals surface area contributed by atoms with Crippen LogP contribution in [0.5, 0.6) is 0 Å². The number of hydrogen-bond donors (Lipinski definition) is 1. The van der Waals surface area contributed by atoms with Gasteiger partial charge in [-0.25, -0.2) is 4.79 Å². The van der Waals surface area contributed by atoms with E-state index in [1.165, 1.54) is 12.8 Å². The SMILES string of the molecule is COCCOC(=O)C1(O)CC[C@@H](C)[C@H]2C[C@@H]3CC[C@@H](C)[C@H](CC[C@@]21C)C3(C)C. The van der Waals surface area contributed by atoms with E-state index >= 15 is 0 Å². The predicted molar refractivity (Wildman–Crippen MR) is 111 cm³/mol. The van der Waals surface area contributed by atoms with Crippen LogP contribution in [0, 0.1) is 40.4 Å². The molecule has 4 heteroatoms. The minimum atomic E-state index is -1.38. The first kappa shape index (κ1) is 22.1. The van der Waals surface area contributed by atoms with E-state index in [1.54, 1.807) is 7.11 Å². The van der Waals surface area contributed by atoms with Crippen LogP contribution in [0.15, 0.2) is 0 Å². The Balaban J connectivity index is 1.93. The molecule has 4 nitrogen and oxygen atoms in total. The van der Waals surface area contributed by atoms with Gasteiger partial charge >= 0.3 is 5.97 Å². The van der Waals surface area contributed by atoms with Crippen molar-refractivity contribution in [3.8, 4) is 0 Å². The van der Waals surface area contributed by atoms with Gasteiger partial charge in [0.1, 0.15) is 6.61 Å². The fourth-order valence-corrected chi connectivity index (χ4v) is 7.33. The monoisotopic (exact) mass is 394 g/mol. The molecular weight excluding hydrogens is 352 g/mol. The number of esters is 1. The molecule has 1 unspecified atom stereocenters. The summed E-state index contributed by atoms with van der Waals surface area (Å²) in [6, 6.07) is 0. The number of carbonyl (C=O) groups excluding carboxylic acids is 1. The molecule has 0 radical (unpaired) electrons. The Morgan fingerprint density at radius 1 is 0.964 bits per heavy atom. The molecule has 0 aromatic carbocycles. The number of fused-ring (bicyclic) bond motifs is 3. The molecule has 2 bridgehead atoms. The molecule has 7 atom stereocenters. The van der Waals surface area contributed by atoms with Gasteiger partial charge < -0.3 is 14.6 Å². The number of hydrogen-bond acceptors (Lipinski definition) is 4. The van der Waals surface area contributed by atoms with E-state index in [9.17, 15) is 9.90 Å². The van der Waals surface area contributed by atoms with Gasteiger partial charge in [0.15, 0.2) is 5.60 Å². The highest BCUT2D eigenvalue weighted by molar-refractivity contribution is 5.80. The average molecular weight is 395 g/mol. The zero-order valence-corrected chi connectivity index (χ0v) is 18.9. The van der Waals surface area contributed by atoms with Crippen molar-refractivity contribution in [1.29, 1.82) is 0 Å². The van der Waals surface area contributed by atoms with Gasteiger partial charge in [-0.3, -0.25) is 0 Å². The second-order valence-electron chi connectivity index (χ2n) is 11.0. The maximum absolute atomic E-state index is 13.1. The first-order valence-electron chi connectivity index (χ1n) is 11.5. The smallest absolute Gasteiger partial charge is 0.338 e. The lowest BCUT2D eigenvalue weighted by Crippen LogP contribution is -2.62. The van der Waals surface area contributed by atoms with Gasteiger partial charge in [0.25, 0.3) is 0 Å². The standard InChI is InChI=1S/C24H42O4/c1-16-7-8-18-15-20-17(2)9-12-24(26,21(25)28-14-13-27-6)23(20,5)11-10-19(16)22(18,3)4/h16-20,26H,7-15H2,1-6H3/t16-,17-,18+,19+,20-,23+,24?/m1/s1. The summed E-state index contributed by atoms with van der Waals surface area (Å²) < 4.78 is 10.5. The van der Waals surface area contributed by atoms with Crippen molar-refractivity contribution in [3.63, 3.8) is 0 Å². The van der Waals surface area contributed by atoms with E-state index in [1.807, 2.05) is 0 Å². The second kappa shape index (κ2) is 7.91. The number of carbonyl (C=O) groups is 1. The molecule has 3 aliphatic carbocycles. The molecule has 3 rings (SSSR count). The van der Waals surface area contributed by atoms with Crippen LogP contribution in [-0.4, -0.2) is 37.0 Å². The van der Waals surface area contributed by atoms with Gasteiger partial charge in [-0.1, -0.05) is 41.0 Å². The van der Waals surface area contributed by atoms with Crippen molar-refractivity contribution in [2.75, 3.05) is 20.3 Å². The van der Waals surface area contributed by atoms with Crippen molar-refractivity contribution in [2.24, 2.45) is 40.4 Å². The summed E-state index contributed by atoms with van der Waals surface area (Å²) >= 11 is 0. The molecule has 0 heterocycles. The van der Waals surface area contributed by atoms with E-state index < -0.39 is 17.0 Å².